The molecule has 3 aromatic rings. The van der Waals surface area contributed by atoms with Crippen molar-refractivity contribution in [2.45, 2.75) is 19.4 Å². The van der Waals surface area contributed by atoms with E-state index >= 15 is 0 Å². The molecule has 130 valence electrons. The minimum absolute atomic E-state index is 0.0206. The lowest BCUT2D eigenvalue weighted by molar-refractivity contribution is 0.0697. The van der Waals surface area contributed by atoms with E-state index in [9.17, 15) is 19.8 Å². The Morgan fingerprint density at radius 1 is 1.40 bits per heavy atom. The van der Waals surface area contributed by atoms with Gasteiger partial charge in [0.05, 0.1) is 12.6 Å². The first-order valence-corrected chi connectivity index (χ1v) is 8.69. The number of rotatable bonds is 6. The summed E-state index contributed by atoms with van der Waals surface area (Å²) in [4.78, 5) is 28.7. The van der Waals surface area contributed by atoms with Gasteiger partial charge in [-0.05, 0) is 30.0 Å². The maximum Gasteiger partial charge on any atom is 0.339 e. The van der Waals surface area contributed by atoms with Gasteiger partial charge in [-0.1, -0.05) is 6.92 Å². The molecule has 3 heterocycles. The Kier molecular flexibility index (Phi) is 4.82. The molecule has 3 rings (SSSR count). The minimum Gasteiger partial charge on any atom is -0.478 e. The highest BCUT2D eigenvalue weighted by atomic mass is 32.1. The number of aromatic carboxylic acids is 1. The minimum atomic E-state index is -1.11. The number of thiophene rings is 1. The molecule has 1 amide bonds. The molecular weight excluding hydrogens is 342 g/mol. The van der Waals surface area contributed by atoms with Crippen LogP contribution in [0.4, 0.5) is 0 Å². The summed E-state index contributed by atoms with van der Waals surface area (Å²) in [6.07, 6.45) is 2.19. The molecule has 7 nitrogen and oxygen atoms in total. The van der Waals surface area contributed by atoms with Crippen LogP contribution in [-0.2, 0) is 0 Å². The number of fused-ring (bicyclic) bond motifs is 1. The first kappa shape index (κ1) is 17.1. The molecule has 0 bridgehead atoms. The lowest BCUT2D eigenvalue weighted by Gasteiger charge is -2.14. The van der Waals surface area contributed by atoms with Crippen LogP contribution in [0.2, 0.25) is 0 Å². The fraction of sp³-hybridized carbons (Fsp3) is 0.235. The summed E-state index contributed by atoms with van der Waals surface area (Å²) in [6, 6.07) is 4.46. The van der Waals surface area contributed by atoms with E-state index in [1.54, 1.807) is 12.3 Å². The fourth-order valence-corrected chi connectivity index (χ4v) is 3.22. The number of aliphatic hydroxyl groups excluding tert-OH is 1. The van der Waals surface area contributed by atoms with Crippen LogP contribution in [0.3, 0.4) is 0 Å². The second kappa shape index (κ2) is 7.04. The first-order valence-electron chi connectivity index (χ1n) is 7.75. The molecular formula is C17H17N3O4S. The number of nitrogens with zero attached hydrogens (tertiary/aromatic N) is 2. The molecule has 0 aliphatic carbocycles. The van der Waals surface area contributed by atoms with Crippen molar-refractivity contribution in [3.63, 3.8) is 0 Å². The number of pyridine rings is 1. The second-order valence-corrected chi connectivity index (χ2v) is 6.28. The number of carbonyl (C=O) groups excluding carboxylic acids is 1. The molecule has 0 aliphatic rings. The highest BCUT2D eigenvalue weighted by molar-refractivity contribution is 7.08. The zero-order valence-corrected chi connectivity index (χ0v) is 14.3. The Labute approximate surface area is 147 Å². The molecule has 0 aliphatic heterocycles. The van der Waals surface area contributed by atoms with Gasteiger partial charge in [0, 0.05) is 17.1 Å². The van der Waals surface area contributed by atoms with E-state index in [-0.39, 0.29) is 29.6 Å². The van der Waals surface area contributed by atoms with Crippen molar-refractivity contribution in [2.75, 3.05) is 6.61 Å². The van der Waals surface area contributed by atoms with Gasteiger partial charge in [0.1, 0.15) is 17.0 Å². The third-order valence-electron chi connectivity index (χ3n) is 3.94. The van der Waals surface area contributed by atoms with Gasteiger partial charge in [0.25, 0.3) is 5.91 Å². The Morgan fingerprint density at radius 2 is 2.20 bits per heavy atom. The molecule has 3 N–H and O–H groups in total. The number of imidazole rings is 1. The summed E-state index contributed by atoms with van der Waals surface area (Å²) in [5.74, 6) is -1.52. The highest BCUT2D eigenvalue weighted by Crippen LogP contribution is 2.27. The van der Waals surface area contributed by atoms with Crippen LogP contribution in [0.1, 0.15) is 34.2 Å². The fourth-order valence-electron chi connectivity index (χ4n) is 2.58. The Balaban J connectivity index is 2.21. The van der Waals surface area contributed by atoms with Crippen molar-refractivity contribution in [1.82, 2.24) is 14.7 Å². The lowest BCUT2D eigenvalue weighted by atomic mass is 10.1. The van der Waals surface area contributed by atoms with Gasteiger partial charge in [-0.2, -0.15) is 11.3 Å². The van der Waals surface area contributed by atoms with Crippen molar-refractivity contribution in [1.29, 1.82) is 0 Å². The van der Waals surface area contributed by atoms with Gasteiger partial charge in [-0.15, -0.1) is 0 Å². The second-order valence-electron chi connectivity index (χ2n) is 5.50. The molecule has 0 unspecified atom stereocenters. The molecule has 25 heavy (non-hydrogen) atoms. The number of carboxylic acids is 1. The summed E-state index contributed by atoms with van der Waals surface area (Å²) in [5.41, 5.74) is 1.64. The topological polar surface area (TPSA) is 104 Å². The van der Waals surface area contributed by atoms with E-state index in [4.69, 9.17) is 0 Å². The predicted octanol–water partition coefficient (Wildman–Crippen LogP) is 2.26. The SMILES string of the molecule is CC[C@@H](CO)NC(=O)c1c(-c2ccsc2)nc2c(C(=O)O)cccn12. The smallest absolute Gasteiger partial charge is 0.339 e. The quantitative estimate of drug-likeness (QED) is 0.626. The van der Waals surface area contributed by atoms with Crippen molar-refractivity contribution >= 4 is 28.9 Å². The van der Waals surface area contributed by atoms with Gasteiger partial charge in [0.15, 0.2) is 5.65 Å². The Hall–Kier alpha value is -2.71. The molecule has 0 saturated heterocycles. The maximum absolute atomic E-state index is 12.8. The molecule has 3 aromatic heterocycles. The molecule has 0 spiro atoms. The number of aliphatic hydroxyl groups is 1. The average molecular weight is 359 g/mol. The normalized spacial score (nSPS) is 12.2. The van der Waals surface area contributed by atoms with Gasteiger partial charge < -0.3 is 15.5 Å². The third kappa shape index (κ3) is 3.13. The summed E-state index contributed by atoms with van der Waals surface area (Å²) >= 11 is 1.46. The van der Waals surface area contributed by atoms with E-state index in [2.05, 4.69) is 10.3 Å². The van der Waals surface area contributed by atoms with E-state index in [0.29, 0.717) is 12.1 Å². The maximum atomic E-state index is 12.8. The number of amides is 1. The van der Waals surface area contributed by atoms with Gasteiger partial charge in [-0.3, -0.25) is 9.20 Å². The predicted molar refractivity (Wildman–Crippen MR) is 94.1 cm³/mol. The molecule has 0 aromatic carbocycles. The van der Waals surface area contributed by atoms with Crippen LogP contribution in [0, 0.1) is 0 Å². The number of hydrogen-bond donors (Lipinski definition) is 3. The number of hydrogen-bond acceptors (Lipinski definition) is 5. The summed E-state index contributed by atoms with van der Waals surface area (Å²) in [6.45, 7) is 1.69. The van der Waals surface area contributed by atoms with Crippen molar-refractivity contribution in [2.24, 2.45) is 0 Å². The number of carbonyl (C=O) groups is 2. The van der Waals surface area contributed by atoms with Crippen LogP contribution in [-0.4, -0.2) is 44.1 Å². The average Bonchev–Trinajstić information content (AvgIpc) is 3.25. The molecule has 8 heteroatoms. The Morgan fingerprint density at radius 3 is 2.80 bits per heavy atom. The molecule has 0 fully saturated rings. The van der Waals surface area contributed by atoms with Crippen LogP contribution in [0.25, 0.3) is 16.9 Å². The monoisotopic (exact) mass is 359 g/mol. The van der Waals surface area contributed by atoms with Gasteiger partial charge in [0.2, 0.25) is 0 Å². The number of aromatic nitrogens is 2. The van der Waals surface area contributed by atoms with Crippen LogP contribution < -0.4 is 5.32 Å². The lowest BCUT2D eigenvalue weighted by Crippen LogP contribution is -2.37. The van der Waals surface area contributed by atoms with Crippen LogP contribution >= 0.6 is 11.3 Å². The van der Waals surface area contributed by atoms with Crippen molar-refractivity contribution in [3.8, 4) is 11.3 Å². The first-order chi connectivity index (χ1) is 12.1. The summed E-state index contributed by atoms with van der Waals surface area (Å²) in [7, 11) is 0. The van der Waals surface area contributed by atoms with Gasteiger partial charge in [-0.25, -0.2) is 9.78 Å². The van der Waals surface area contributed by atoms with E-state index < -0.39 is 11.9 Å². The zero-order valence-electron chi connectivity index (χ0n) is 13.5. The van der Waals surface area contributed by atoms with Crippen molar-refractivity contribution in [3.05, 3.63) is 46.4 Å². The van der Waals surface area contributed by atoms with E-state index in [1.807, 2.05) is 23.8 Å². The van der Waals surface area contributed by atoms with Crippen LogP contribution in [0.5, 0.6) is 0 Å². The standard InChI is InChI=1S/C17H17N3O4S/c1-2-11(8-21)18-16(22)14-13(10-5-7-25-9-10)19-15-12(17(23)24)4-3-6-20(14)15/h3-7,9,11,21H,2,8H2,1H3,(H,18,22)(H,23,24)/t11-/m0/s1. The van der Waals surface area contributed by atoms with E-state index in [0.717, 1.165) is 5.56 Å². The van der Waals surface area contributed by atoms with E-state index in [1.165, 1.54) is 21.8 Å². The largest absolute Gasteiger partial charge is 0.478 e. The van der Waals surface area contributed by atoms with Crippen molar-refractivity contribution < 1.29 is 19.8 Å². The molecule has 1 atom stereocenters. The van der Waals surface area contributed by atoms with Gasteiger partial charge >= 0.3 is 5.97 Å². The summed E-state index contributed by atoms with van der Waals surface area (Å²) in [5, 5.41) is 25.2. The Bertz CT molecular complexity index is 914. The zero-order chi connectivity index (χ0) is 18.0. The molecule has 0 saturated carbocycles. The van der Waals surface area contributed by atoms with Crippen LogP contribution in [0.15, 0.2) is 35.2 Å². The highest BCUT2D eigenvalue weighted by Gasteiger charge is 2.24. The number of nitrogens with one attached hydrogen (secondary N) is 1. The summed E-state index contributed by atoms with van der Waals surface area (Å²) < 4.78 is 1.48. The third-order valence-corrected chi connectivity index (χ3v) is 4.62. The number of carboxylic acid groups (broad SMARTS) is 1. The molecule has 0 radical (unpaired) electrons.